The molecule has 5 N–H and O–H groups in total. The van der Waals surface area contributed by atoms with Crippen LogP contribution in [0.5, 0.6) is 0 Å². The number of aliphatic hydroxyl groups excluding tert-OH is 1. The first-order valence-electron chi connectivity index (χ1n) is 7.47. The maximum atomic E-state index is 12.5. The van der Waals surface area contributed by atoms with Gasteiger partial charge in [0.2, 0.25) is 0 Å². The molecule has 3 aromatic heterocycles. The molecule has 1 amide bonds. The Morgan fingerprint density at radius 2 is 2.24 bits per heavy atom. The molecule has 7 nitrogen and oxygen atoms in total. The second kappa shape index (κ2) is 7.75. The number of pyridine rings is 1. The third-order valence-corrected chi connectivity index (χ3v) is 4.77. The van der Waals surface area contributed by atoms with Crippen LogP contribution in [0.4, 0.5) is 0 Å². The summed E-state index contributed by atoms with van der Waals surface area (Å²) in [6.07, 6.45) is 1.63. The van der Waals surface area contributed by atoms with Gasteiger partial charge in [0.15, 0.2) is 0 Å². The molecule has 0 aromatic carbocycles. The first-order valence-corrected chi connectivity index (χ1v) is 8.73. The summed E-state index contributed by atoms with van der Waals surface area (Å²) in [6, 6.07) is 6.57. The maximum Gasteiger partial charge on any atom is 0.268 e. The van der Waals surface area contributed by atoms with Crippen LogP contribution in [0.2, 0.25) is 5.15 Å². The number of carbonyl (C=O) groups is 1. The summed E-state index contributed by atoms with van der Waals surface area (Å²) in [5.41, 5.74) is 8.30. The number of thiazole rings is 1. The summed E-state index contributed by atoms with van der Waals surface area (Å²) in [6.45, 7) is 0.0651. The van der Waals surface area contributed by atoms with E-state index in [2.05, 4.69) is 20.3 Å². The largest absolute Gasteiger partial charge is 0.390 e. The van der Waals surface area contributed by atoms with Crippen molar-refractivity contribution in [1.29, 1.82) is 0 Å². The number of halogens is 1. The Hall–Kier alpha value is -2.26. The van der Waals surface area contributed by atoms with E-state index < -0.39 is 6.04 Å². The summed E-state index contributed by atoms with van der Waals surface area (Å²) in [7, 11) is 0. The smallest absolute Gasteiger partial charge is 0.268 e. The molecule has 25 heavy (non-hydrogen) atoms. The average Bonchev–Trinajstić information content (AvgIpc) is 3.29. The van der Waals surface area contributed by atoms with E-state index in [4.69, 9.17) is 22.4 Å². The van der Waals surface area contributed by atoms with Gasteiger partial charge in [0.25, 0.3) is 5.91 Å². The Labute approximate surface area is 152 Å². The lowest BCUT2D eigenvalue weighted by atomic mass is 10.2. The maximum absolute atomic E-state index is 12.5. The van der Waals surface area contributed by atoms with Crippen molar-refractivity contribution in [2.75, 3.05) is 6.54 Å². The zero-order chi connectivity index (χ0) is 17.8. The van der Waals surface area contributed by atoms with Gasteiger partial charge in [-0.05, 0) is 24.3 Å². The van der Waals surface area contributed by atoms with E-state index in [0.29, 0.717) is 21.5 Å². The SMILES string of the molecule is NCC(NC(=O)c1ccc(-c2ccc(Cl)nc2)[nH]1)c1nc(CO)cs1. The van der Waals surface area contributed by atoms with Crippen LogP contribution in [0.1, 0.15) is 27.2 Å². The molecule has 3 rings (SSSR count). The summed E-state index contributed by atoms with van der Waals surface area (Å²) < 4.78 is 0. The molecular weight excluding hydrogens is 362 g/mol. The van der Waals surface area contributed by atoms with Gasteiger partial charge in [-0.2, -0.15) is 0 Å². The van der Waals surface area contributed by atoms with Gasteiger partial charge < -0.3 is 21.1 Å². The zero-order valence-corrected chi connectivity index (χ0v) is 14.6. The van der Waals surface area contributed by atoms with E-state index in [-0.39, 0.29) is 19.1 Å². The van der Waals surface area contributed by atoms with E-state index in [1.54, 1.807) is 29.8 Å². The lowest BCUT2D eigenvalue weighted by Gasteiger charge is -2.13. The molecule has 1 unspecified atom stereocenters. The summed E-state index contributed by atoms with van der Waals surface area (Å²) in [4.78, 5) is 23.8. The normalized spacial score (nSPS) is 12.1. The van der Waals surface area contributed by atoms with Crippen molar-refractivity contribution in [2.24, 2.45) is 5.73 Å². The minimum atomic E-state index is -0.415. The average molecular weight is 378 g/mol. The lowest BCUT2D eigenvalue weighted by molar-refractivity contribution is 0.0933. The molecule has 1 atom stereocenters. The molecule has 0 saturated carbocycles. The third kappa shape index (κ3) is 4.05. The number of aliphatic hydroxyl groups is 1. The fraction of sp³-hybridized carbons (Fsp3) is 0.188. The third-order valence-electron chi connectivity index (χ3n) is 3.54. The van der Waals surface area contributed by atoms with Gasteiger partial charge in [0, 0.05) is 29.4 Å². The van der Waals surface area contributed by atoms with Crippen molar-refractivity contribution in [1.82, 2.24) is 20.3 Å². The number of aromatic amines is 1. The number of H-pyrrole nitrogens is 1. The van der Waals surface area contributed by atoms with Gasteiger partial charge in [0.05, 0.1) is 18.3 Å². The first-order chi connectivity index (χ1) is 12.1. The monoisotopic (exact) mass is 377 g/mol. The standard InChI is InChI=1S/C16H16ClN5O2S/c17-14-4-1-9(6-19-14)11-2-3-12(21-11)15(24)22-13(5-18)16-20-10(7-23)8-25-16/h1-4,6,8,13,21,23H,5,7,18H2,(H,22,24). The number of nitrogens with one attached hydrogen (secondary N) is 2. The molecule has 0 aliphatic heterocycles. The molecule has 0 fully saturated rings. The Bertz CT molecular complexity index is 862. The minimum absolute atomic E-state index is 0.142. The van der Waals surface area contributed by atoms with Gasteiger partial charge in [-0.25, -0.2) is 9.97 Å². The molecule has 130 valence electrons. The first kappa shape index (κ1) is 17.6. The van der Waals surface area contributed by atoms with Crippen molar-refractivity contribution in [3.05, 3.63) is 57.4 Å². The summed E-state index contributed by atoms with van der Waals surface area (Å²) in [5, 5.41) is 14.8. The van der Waals surface area contributed by atoms with E-state index >= 15 is 0 Å². The highest BCUT2D eigenvalue weighted by molar-refractivity contribution is 7.09. The van der Waals surface area contributed by atoms with Gasteiger partial charge in [-0.3, -0.25) is 4.79 Å². The van der Waals surface area contributed by atoms with Crippen molar-refractivity contribution in [3.8, 4) is 11.3 Å². The Morgan fingerprint density at radius 3 is 2.88 bits per heavy atom. The molecule has 0 aliphatic rings. The Balaban J connectivity index is 1.73. The van der Waals surface area contributed by atoms with Crippen LogP contribution in [0, 0.1) is 0 Å². The van der Waals surface area contributed by atoms with Crippen LogP contribution in [0.15, 0.2) is 35.8 Å². The molecule has 0 radical (unpaired) electrons. The molecule has 0 saturated heterocycles. The highest BCUT2D eigenvalue weighted by Gasteiger charge is 2.18. The minimum Gasteiger partial charge on any atom is -0.390 e. The number of nitrogens with zero attached hydrogens (tertiary/aromatic N) is 2. The number of rotatable bonds is 6. The Morgan fingerprint density at radius 1 is 1.40 bits per heavy atom. The predicted octanol–water partition coefficient (Wildman–Crippen LogP) is 2.11. The molecule has 0 bridgehead atoms. The highest BCUT2D eigenvalue weighted by atomic mass is 35.5. The van der Waals surface area contributed by atoms with Crippen molar-refractivity contribution >= 4 is 28.8 Å². The number of carbonyl (C=O) groups excluding carboxylic acids is 1. The van der Waals surface area contributed by atoms with Crippen LogP contribution >= 0.6 is 22.9 Å². The number of hydrogen-bond acceptors (Lipinski definition) is 6. The fourth-order valence-electron chi connectivity index (χ4n) is 2.24. The van der Waals surface area contributed by atoms with Crippen LogP contribution in [-0.4, -0.2) is 32.5 Å². The van der Waals surface area contributed by atoms with Crippen molar-refractivity contribution in [3.63, 3.8) is 0 Å². The van der Waals surface area contributed by atoms with Crippen molar-refractivity contribution < 1.29 is 9.90 Å². The Kier molecular flexibility index (Phi) is 5.44. The van der Waals surface area contributed by atoms with E-state index in [9.17, 15) is 4.79 Å². The zero-order valence-electron chi connectivity index (χ0n) is 13.1. The highest BCUT2D eigenvalue weighted by Crippen LogP contribution is 2.21. The van der Waals surface area contributed by atoms with Gasteiger partial charge >= 0.3 is 0 Å². The molecule has 0 spiro atoms. The molecule has 3 aromatic rings. The summed E-state index contributed by atoms with van der Waals surface area (Å²) in [5.74, 6) is -0.288. The van der Waals surface area contributed by atoms with Crippen LogP contribution < -0.4 is 11.1 Å². The molecule has 0 aliphatic carbocycles. The summed E-state index contributed by atoms with van der Waals surface area (Å²) >= 11 is 7.13. The second-order valence-corrected chi connectivity index (χ2v) is 6.53. The van der Waals surface area contributed by atoms with Crippen LogP contribution in [0.3, 0.4) is 0 Å². The van der Waals surface area contributed by atoms with Gasteiger partial charge in [-0.15, -0.1) is 11.3 Å². The van der Waals surface area contributed by atoms with E-state index in [1.807, 2.05) is 6.07 Å². The van der Waals surface area contributed by atoms with Gasteiger partial charge in [0.1, 0.15) is 15.9 Å². The number of nitrogens with two attached hydrogens (primary N) is 1. The topological polar surface area (TPSA) is 117 Å². The molecule has 3 heterocycles. The van der Waals surface area contributed by atoms with E-state index in [0.717, 1.165) is 11.3 Å². The quantitative estimate of drug-likeness (QED) is 0.491. The number of aromatic nitrogens is 3. The van der Waals surface area contributed by atoms with Crippen LogP contribution in [-0.2, 0) is 6.61 Å². The van der Waals surface area contributed by atoms with Gasteiger partial charge in [-0.1, -0.05) is 11.6 Å². The number of amides is 1. The van der Waals surface area contributed by atoms with E-state index in [1.165, 1.54) is 11.3 Å². The van der Waals surface area contributed by atoms with Crippen molar-refractivity contribution in [2.45, 2.75) is 12.6 Å². The lowest BCUT2D eigenvalue weighted by Crippen LogP contribution is -2.33. The molecule has 9 heteroatoms. The number of hydrogen-bond donors (Lipinski definition) is 4. The van der Waals surface area contributed by atoms with Crippen LogP contribution in [0.25, 0.3) is 11.3 Å². The fourth-order valence-corrected chi connectivity index (χ4v) is 3.23. The predicted molar refractivity (Wildman–Crippen MR) is 96.3 cm³/mol. The second-order valence-electron chi connectivity index (χ2n) is 5.25. The molecular formula is C16H16ClN5O2S.